The normalized spacial score (nSPS) is 14.1. The molecule has 0 bridgehead atoms. The Morgan fingerprint density at radius 2 is 1.29 bits per heavy atom. The summed E-state index contributed by atoms with van der Waals surface area (Å²) in [5.74, 6) is 0. The maximum absolute atomic E-state index is 2.50. The molecular weight excluding hydrogens is 412 g/mol. The molecule has 2 aliphatic carbocycles. The van der Waals surface area contributed by atoms with Crippen LogP contribution >= 0.6 is 0 Å². The molecule has 2 nitrogen and oxygen atoms in total. The van der Waals surface area contributed by atoms with Crippen molar-refractivity contribution in [1.82, 2.24) is 9.13 Å². The largest absolute Gasteiger partial charge is 0.336 e. The van der Waals surface area contributed by atoms with Gasteiger partial charge in [0.05, 0.1) is 0 Å². The van der Waals surface area contributed by atoms with Crippen LogP contribution in [0, 0.1) is 0 Å². The maximum atomic E-state index is 2.50. The van der Waals surface area contributed by atoms with Crippen molar-refractivity contribution in [3.05, 3.63) is 124 Å². The lowest BCUT2D eigenvalue weighted by Gasteiger charge is -2.11. The smallest absolute Gasteiger partial charge is 0.0494 e. The lowest BCUT2D eigenvalue weighted by Crippen LogP contribution is -2.29. The van der Waals surface area contributed by atoms with E-state index < -0.39 is 0 Å². The van der Waals surface area contributed by atoms with Gasteiger partial charge in [-0.25, -0.2) is 0 Å². The molecule has 0 fully saturated rings. The van der Waals surface area contributed by atoms with Crippen LogP contribution in [0.4, 0.5) is 0 Å². The van der Waals surface area contributed by atoms with Gasteiger partial charge in [0.25, 0.3) is 0 Å². The molecule has 0 saturated carbocycles. The van der Waals surface area contributed by atoms with E-state index >= 15 is 0 Å². The maximum Gasteiger partial charge on any atom is 0.0494 e. The Morgan fingerprint density at radius 1 is 0.647 bits per heavy atom. The number of aromatic nitrogens is 2. The number of allylic oxidation sites excluding steroid dienone is 3. The van der Waals surface area contributed by atoms with Crippen molar-refractivity contribution in [3.8, 4) is 0 Å². The van der Waals surface area contributed by atoms with E-state index in [1.165, 1.54) is 54.8 Å². The molecule has 164 valence electrons. The van der Waals surface area contributed by atoms with E-state index in [1.807, 2.05) is 0 Å². The van der Waals surface area contributed by atoms with Crippen LogP contribution in [0.3, 0.4) is 0 Å². The molecule has 2 heteroatoms. The molecule has 3 aromatic carbocycles. The molecule has 2 aliphatic rings. The van der Waals surface area contributed by atoms with Gasteiger partial charge in [0.1, 0.15) is 0 Å². The van der Waals surface area contributed by atoms with Crippen LogP contribution < -0.4 is 10.7 Å². The van der Waals surface area contributed by atoms with Crippen molar-refractivity contribution in [3.63, 3.8) is 0 Å². The highest BCUT2D eigenvalue weighted by Crippen LogP contribution is 2.29. The number of hydrogen-bond acceptors (Lipinski definition) is 0. The van der Waals surface area contributed by atoms with Crippen molar-refractivity contribution in [2.45, 2.75) is 25.9 Å². The van der Waals surface area contributed by atoms with Crippen molar-refractivity contribution in [2.24, 2.45) is 0 Å². The predicted octanol–water partition coefficient (Wildman–Crippen LogP) is 5.78. The highest BCUT2D eigenvalue weighted by Gasteiger charge is 2.15. The third-order valence-electron chi connectivity index (χ3n) is 7.32. The molecule has 2 aromatic heterocycles. The summed E-state index contributed by atoms with van der Waals surface area (Å²) in [6.07, 6.45) is 15.7. The highest BCUT2D eigenvalue weighted by molar-refractivity contribution is 6.08. The molecule has 5 aromatic rings. The van der Waals surface area contributed by atoms with Gasteiger partial charge in [-0.2, -0.15) is 0 Å². The van der Waals surface area contributed by atoms with Gasteiger partial charge in [0.2, 0.25) is 0 Å². The molecule has 0 unspecified atom stereocenters. The van der Waals surface area contributed by atoms with E-state index in [2.05, 4.69) is 118 Å². The van der Waals surface area contributed by atoms with Crippen molar-refractivity contribution < 1.29 is 0 Å². The van der Waals surface area contributed by atoms with E-state index in [0.29, 0.717) is 0 Å². The number of rotatable bonds is 4. The fourth-order valence-corrected chi connectivity index (χ4v) is 5.71. The second-order valence-corrected chi connectivity index (χ2v) is 9.33. The molecule has 0 N–H and O–H groups in total. The summed E-state index contributed by atoms with van der Waals surface area (Å²) < 4.78 is 4.95. The minimum absolute atomic E-state index is 0.875. The van der Waals surface area contributed by atoms with Gasteiger partial charge < -0.3 is 9.13 Å². The number of nitrogens with zero attached hydrogens (tertiary/aromatic N) is 2. The topological polar surface area (TPSA) is 9.86 Å². The lowest BCUT2D eigenvalue weighted by molar-refractivity contribution is 0.749. The van der Waals surface area contributed by atoms with Gasteiger partial charge in [-0.05, 0) is 47.7 Å². The first kappa shape index (κ1) is 19.4. The molecule has 0 saturated heterocycles. The molecule has 0 aliphatic heterocycles. The number of hydrogen-bond donors (Lipinski definition) is 0. The van der Waals surface area contributed by atoms with E-state index in [-0.39, 0.29) is 0 Å². The zero-order valence-corrected chi connectivity index (χ0v) is 19.1. The van der Waals surface area contributed by atoms with Crippen LogP contribution in [0.1, 0.15) is 28.7 Å². The first-order valence-electron chi connectivity index (χ1n) is 12.2. The molecule has 0 spiro atoms. The molecule has 0 atom stereocenters. The van der Waals surface area contributed by atoms with Crippen LogP contribution in [0.2, 0.25) is 0 Å². The SMILES string of the molecule is C1=CCc2c3c(n(Cc4ccc(Cn5c6ccccc6c6ccccc65)cc4)c2=C1)=CCC=C3. The van der Waals surface area contributed by atoms with Gasteiger partial charge in [-0.3, -0.25) is 0 Å². The van der Waals surface area contributed by atoms with Gasteiger partial charge >= 0.3 is 0 Å². The second kappa shape index (κ2) is 7.78. The molecule has 34 heavy (non-hydrogen) atoms. The number of fused-ring (bicyclic) bond motifs is 6. The number of benzene rings is 3. The predicted molar refractivity (Wildman–Crippen MR) is 143 cm³/mol. The van der Waals surface area contributed by atoms with Crippen LogP contribution in [-0.4, -0.2) is 9.13 Å². The first-order valence-corrected chi connectivity index (χ1v) is 12.2. The quantitative estimate of drug-likeness (QED) is 0.336. The van der Waals surface area contributed by atoms with Crippen LogP contribution in [0.15, 0.2) is 91.0 Å². The van der Waals surface area contributed by atoms with Gasteiger partial charge in [0, 0.05) is 51.2 Å². The van der Waals surface area contributed by atoms with Crippen LogP contribution in [0.5, 0.6) is 0 Å². The molecule has 0 radical (unpaired) electrons. The summed E-state index contributed by atoms with van der Waals surface area (Å²) >= 11 is 0. The van der Waals surface area contributed by atoms with E-state index in [4.69, 9.17) is 0 Å². The second-order valence-electron chi connectivity index (χ2n) is 9.33. The van der Waals surface area contributed by atoms with Crippen molar-refractivity contribution in [2.75, 3.05) is 0 Å². The summed E-state index contributed by atoms with van der Waals surface area (Å²) in [5.41, 5.74) is 8.14. The summed E-state index contributed by atoms with van der Waals surface area (Å²) in [4.78, 5) is 0. The molecule has 7 rings (SSSR count). The summed E-state index contributed by atoms with van der Waals surface area (Å²) in [6, 6.07) is 26.7. The molecular formula is C32H26N2. The van der Waals surface area contributed by atoms with Gasteiger partial charge in [-0.1, -0.05) is 91.0 Å². The summed E-state index contributed by atoms with van der Waals surface area (Å²) in [6.45, 7) is 1.78. The van der Waals surface area contributed by atoms with Crippen molar-refractivity contribution in [1.29, 1.82) is 0 Å². The Morgan fingerprint density at radius 3 is 2.00 bits per heavy atom. The zero-order valence-electron chi connectivity index (χ0n) is 19.1. The third kappa shape index (κ3) is 3.03. The first-order chi connectivity index (χ1) is 16.9. The highest BCUT2D eigenvalue weighted by atomic mass is 15.0. The average molecular weight is 439 g/mol. The third-order valence-corrected chi connectivity index (χ3v) is 7.32. The summed E-state index contributed by atoms with van der Waals surface area (Å²) in [5, 5.41) is 5.39. The summed E-state index contributed by atoms with van der Waals surface area (Å²) in [7, 11) is 0. The Labute approximate surface area is 199 Å². The van der Waals surface area contributed by atoms with E-state index in [0.717, 1.165) is 25.9 Å². The molecule has 2 heterocycles. The minimum atomic E-state index is 0.875. The monoisotopic (exact) mass is 438 g/mol. The molecule has 0 amide bonds. The minimum Gasteiger partial charge on any atom is -0.336 e. The fraction of sp³-hybridized carbons (Fsp3) is 0.125. The lowest BCUT2D eigenvalue weighted by atomic mass is 10.0. The van der Waals surface area contributed by atoms with Crippen LogP contribution in [0.25, 0.3) is 40.0 Å². The van der Waals surface area contributed by atoms with E-state index in [1.54, 1.807) is 0 Å². The Bertz CT molecular complexity index is 1680. The van der Waals surface area contributed by atoms with Gasteiger partial charge in [-0.15, -0.1) is 0 Å². The standard InChI is InChI=1S/C32H26N2/c1-5-13-29-25(9-1)26-10-2-6-14-30(26)33(29)21-23-17-19-24(20-18-23)22-34-31-15-7-3-11-27(31)28-12-4-8-16-32(28)34/h1-7,9-10,12-20H,8,11,21-22H2. The Balaban J connectivity index is 1.24. The number of para-hydroxylation sites is 2. The van der Waals surface area contributed by atoms with Crippen molar-refractivity contribution >= 4 is 40.0 Å². The zero-order chi connectivity index (χ0) is 22.5. The average Bonchev–Trinajstić information content (AvgIpc) is 3.39. The van der Waals surface area contributed by atoms with E-state index in [9.17, 15) is 0 Å². The Kier molecular flexibility index (Phi) is 4.44. The van der Waals surface area contributed by atoms with Gasteiger partial charge in [0.15, 0.2) is 0 Å². The van der Waals surface area contributed by atoms with Crippen LogP contribution in [-0.2, 0) is 19.5 Å². The fourth-order valence-electron chi connectivity index (χ4n) is 5.71. The Hall–Kier alpha value is -4.04.